The van der Waals surface area contributed by atoms with Crippen LogP contribution in [-0.4, -0.2) is 23.6 Å². The van der Waals surface area contributed by atoms with Crippen LogP contribution in [0.5, 0.6) is 0 Å². The van der Waals surface area contributed by atoms with E-state index >= 15 is 0 Å². The molecule has 27 heavy (non-hydrogen) atoms. The molecule has 3 rings (SSSR count). The maximum absolute atomic E-state index is 12.3. The molecule has 0 aliphatic rings. The monoisotopic (exact) mass is 366 g/mol. The first-order valence-electron chi connectivity index (χ1n) is 8.27. The summed E-state index contributed by atoms with van der Waals surface area (Å²) in [4.78, 5) is 28.4. The fourth-order valence-electron chi connectivity index (χ4n) is 2.25. The zero-order valence-corrected chi connectivity index (χ0v) is 14.6. The van der Waals surface area contributed by atoms with Crippen molar-refractivity contribution < 1.29 is 18.7 Å². The molecule has 138 valence electrons. The minimum Gasteiger partial charge on any atom is -0.459 e. The maximum Gasteiger partial charge on any atom is 0.411 e. The fourth-order valence-corrected chi connectivity index (χ4v) is 2.25. The van der Waals surface area contributed by atoms with Gasteiger partial charge in [0.05, 0.1) is 18.6 Å². The second-order valence-electron chi connectivity index (χ2n) is 5.36. The smallest absolute Gasteiger partial charge is 0.411 e. The summed E-state index contributed by atoms with van der Waals surface area (Å²) in [5.74, 6) is 0.285. The molecule has 0 saturated heterocycles. The summed E-state index contributed by atoms with van der Waals surface area (Å²) in [7, 11) is 0. The Labute approximate surface area is 155 Å². The molecule has 0 atom stereocenters. The van der Waals surface area contributed by atoms with Gasteiger partial charge in [-0.05, 0) is 43.3 Å². The topological polar surface area (TPSA) is 105 Å². The normalized spacial score (nSPS) is 10.1. The van der Waals surface area contributed by atoms with Crippen molar-refractivity contribution in [1.29, 1.82) is 0 Å². The molecule has 0 unspecified atom stereocenters. The van der Waals surface area contributed by atoms with Crippen molar-refractivity contribution in [2.45, 2.75) is 6.92 Å². The molecule has 2 heterocycles. The lowest BCUT2D eigenvalue weighted by Gasteiger charge is -2.13. The molecule has 1 aromatic carbocycles. The Bertz CT molecular complexity index is 911. The van der Waals surface area contributed by atoms with Gasteiger partial charge in [-0.15, -0.1) is 0 Å². The highest BCUT2D eigenvalue weighted by atomic mass is 16.5. The average Bonchev–Trinajstić information content (AvgIpc) is 3.20. The van der Waals surface area contributed by atoms with E-state index in [-0.39, 0.29) is 18.2 Å². The second kappa shape index (κ2) is 8.52. The zero-order valence-electron chi connectivity index (χ0n) is 14.6. The Morgan fingerprint density at radius 1 is 1.04 bits per heavy atom. The van der Waals surface area contributed by atoms with Crippen LogP contribution in [0, 0.1) is 0 Å². The van der Waals surface area contributed by atoms with Crippen LogP contribution in [0.4, 0.5) is 27.8 Å². The average molecular weight is 366 g/mol. The third-order valence-corrected chi connectivity index (χ3v) is 3.43. The number of aromatic nitrogens is 1. The number of carbonyl (C=O) groups is 2. The van der Waals surface area contributed by atoms with Crippen molar-refractivity contribution in [3.05, 3.63) is 66.6 Å². The predicted molar refractivity (Wildman–Crippen MR) is 101 cm³/mol. The van der Waals surface area contributed by atoms with Crippen LogP contribution in [0.3, 0.4) is 0 Å². The summed E-state index contributed by atoms with van der Waals surface area (Å²) < 4.78 is 9.96. The summed E-state index contributed by atoms with van der Waals surface area (Å²) in [6, 6.07) is 15.9. The van der Waals surface area contributed by atoms with Crippen LogP contribution < -0.4 is 16.0 Å². The van der Waals surface area contributed by atoms with Gasteiger partial charge in [0.1, 0.15) is 5.82 Å². The first kappa shape index (κ1) is 18.0. The van der Waals surface area contributed by atoms with E-state index in [1.165, 1.54) is 12.3 Å². The number of rotatable bonds is 6. The lowest BCUT2D eigenvalue weighted by Crippen LogP contribution is -2.18. The number of amides is 2. The highest BCUT2D eigenvalue weighted by molar-refractivity contribution is 6.04. The molecule has 8 heteroatoms. The number of anilines is 4. The van der Waals surface area contributed by atoms with Crippen molar-refractivity contribution in [3.8, 4) is 0 Å². The fraction of sp³-hybridized carbons (Fsp3) is 0.105. The summed E-state index contributed by atoms with van der Waals surface area (Å²) >= 11 is 0. The van der Waals surface area contributed by atoms with Gasteiger partial charge in [0.2, 0.25) is 0 Å². The van der Waals surface area contributed by atoms with Gasteiger partial charge >= 0.3 is 6.09 Å². The number of hydrogen-bond acceptors (Lipinski definition) is 6. The molecule has 0 aliphatic heterocycles. The minimum atomic E-state index is -0.642. The van der Waals surface area contributed by atoms with Crippen LogP contribution in [0.1, 0.15) is 17.5 Å². The summed E-state index contributed by atoms with van der Waals surface area (Å²) in [6.07, 6.45) is 0.754. The number of nitrogens with one attached hydrogen (secondary N) is 3. The number of furan rings is 1. The minimum absolute atomic E-state index is 0.125. The molecule has 0 radical (unpaired) electrons. The summed E-state index contributed by atoms with van der Waals surface area (Å²) in [5.41, 5.74) is 1.13. The van der Waals surface area contributed by atoms with E-state index in [0.717, 1.165) is 5.69 Å². The van der Waals surface area contributed by atoms with E-state index in [1.54, 1.807) is 25.1 Å². The number of pyridine rings is 1. The number of benzene rings is 1. The molecule has 2 amide bonds. The van der Waals surface area contributed by atoms with E-state index in [4.69, 9.17) is 9.15 Å². The lowest BCUT2D eigenvalue weighted by atomic mass is 10.3. The van der Waals surface area contributed by atoms with E-state index < -0.39 is 12.0 Å². The standard InChI is InChI=1S/C19H18N4O4/c1-2-26-19(25)21-14-10-11-16(20-13-7-4-3-5-8-13)22-17(14)23-18(24)15-9-6-12-27-15/h3-12H,2H2,1H3,(H,21,25)(H2,20,22,23,24). The van der Waals surface area contributed by atoms with Crippen LogP contribution in [0.2, 0.25) is 0 Å². The molecule has 0 aliphatic carbocycles. The summed E-state index contributed by atoms with van der Waals surface area (Å²) in [5, 5.41) is 8.32. The summed E-state index contributed by atoms with van der Waals surface area (Å²) in [6.45, 7) is 1.92. The molecule has 3 N–H and O–H groups in total. The van der Waals surface area contributed by atoms with Gasteiger partial charge in [-0.25, -0.2) is 9.78 Å². The Morgan fingerprint density at radius 3 is 2.56 bits per heavy atom. The third kappa shape index (κ3) is 4.85. The molecule has 0 bridgehead atoms. The maximum atomic E-state index is 12.3. The molecular formula is C19H18N4O4. The molecular weight excluding hydrogens is 348 g/mol. The van der Waals surface area contributed by atoms with E-state index in [2.05, 4.69) is 20.9 Å². The molecule has 2 aromatic heterocycles. The van der Waals surface area contributed by atoms with Crippen LogP contribution in [0.25, 0.3) is 0 Å². The van der Waals surface area contributed by atoms with Gasteiger partial charge < -0.3 is 19.8 Å². The number of nitrogens with zero attached hydrogens (tertiary/aromatic N) is 1. The first-order valence-corrected chi connectivity index (χ1v) is 8.27. The van der Waals surface area contributed by atoms with Crippen molar-refractivity contribution in [3.63, 3.8) is 0 Å². The largest absolute Gasteiger partial charge is 0.459 e. The van der Waals surface area contributed by atoms with E-state index in [9.17, 15) is 9.59 Å². The number of ether oxygens (including phenoxy) is 1. The quantitative estimate of drug-likeness (QED) is 0.603. The van der Waals surface area contributed by atoms with E-state index in [0.29, 0.717) is 11.5 Å². The Balaban J connectivity index is 1.85. The van der Waals surface area contributed by atoms with Gasteiger partial charge in [0.15, 0.2) is 11.6 Å². The third-order valence-electron chi connectivity index (χ3n) is 3.43. The highest BCUT2D eigenvalue weighted by Crippen LogP contribution is 2.24. The molecule has 0 spiro atoms. The van der Waals surface area contributed by atoms with Crippen LogP contribution >= 0.6 is 0 Å². The SMILES string of the molecule is CCOC(=O)Nc1ccc(Nc2ccccc2)nc1NC(=O)c1ccco1. The van der Waals surface area contributed by atoms with Crippen molar-refractivity contribution >= 4 is 35.0 Å². The van der Waals surface area contributed by atoms with Gasteiger partial charge in [0, 0.05) is 5.69 Å². The lowest BCUT2D eigenvalue weighted by molar-refractivity contribution is 0.0996. The molecule has 3 aromatic rings. The predicted octanol–water partition coefficient (Wildman–Crippen LogP) is 4.24. The van der Waals surface area contributed by atoms with Crippen molar-refractivity contribution in [2.24, 2.45) is 0 Å². The number of hydrogen-bond donors (Lipinski definition) is 3. The molecule has 0 fully saturated rings. The molecule has 8 nitrogen and oxygen atoms in total. The van der Waals surface area contributed by atoms with Gasteiger partial charge in [0.25, 0.3) is 5.91 Å². The number of carbonyl (C=O) groups excluding carboxylic acids is 2. The Kier molecular flexibility index (Phi) is 5.68. The van der Waals surface area contributed by atoms with Gasteiger partial charge in [-0.2, -0.15) is 0 Å². The van der Waals surface area contributed by atoms with Gasteiger partial charge in [-0.1, -0.05) is 18.2 Å². The zero-order chi connectivity index (χ0) is 19.1. The molecule has 0 saturated carbocycles. The second-order valence-corrected chi connectivity index (χ2v) is 5.36. The van der Waals surface area contributed by atoms with Crippen molar-refractivity contribution in [1.82, 2.24) is 4.98 Å². The van der Waals surface area contributed by atoms with Crippen molar-refractivity contribution in [2.75, 3.05) is 22.6 Å². The highest BCUT2D eigenvalue weighted by Gasteiger charge is 2.15. The Hall–Kier alpha value is -3.81. The number of para-hydroxylation sites is 1. The first-order chi connectivity index (χ1) is 13.2. The Morgan fingerprint density at radius 2 is 1.85 bits per heavy atom. The van der Waals surface area contributed by atoms with Crippen LogP contribution in [0.15, 0.2) is 65.3 Å². The van der Waals surface area contributed by atoms with Crippen LogP contribution in [-0.2, 0) is 4.74 Å². The van der Waals surface area contributed by atoms with Gasteiger partial charge in [-0.3, -0.25) is 10.1 Å². The van der Waals surface area contributed by atoms with E-state index in [1.807, 2.05) is 30.3 Å².